The van der Waals surface area contributed by atoms with Crippen molar-refractivity contribution in [1.29, 1.82) is 0 Å². The molecular weight excluding hydrogens is 420 g/mol. The molecule has 1 spiro atoms. The van der Waals surface area contributed by atoms with Crippen molar-refractivity contribution in [2.24, 2.45) is 5.92 Å². The summed E-state index contributed by atoms with van der Waals surface area (Å²) >= 11 is 0. The average Bonchev–Trinajstić information content (AvgIpc) is 3.49. The van der Waals surface area contributed by atoms with E-state index in [4.69, 9.17) is 15.2 Å². The molecule has 0 radical (unpaired) electrons. The molecule has 0 aliphatic carbocycles. The lowest BCUT2D eigenvalue weighted by Gasteiger charge is -2.45. The van der Waals surface area contributed by atoms with E-state index in [1.54, 1.807) is 0 Å². The van der Waals surface area contributed by atoms with Gasteiger partial charge in [-0.25, -0.2) is 9.97 Å². The van der Waals surface area contributed by atoms with Crippen molar-refractivity contribution in [1.82, 2.24) is 24.3 Å². The highest BCUT2D eigenvalue weighted by Gasteiger charge is 2.46. The predicted molar refractivity (Wildman–Crippen MR) is 125 cm³/mol. The molecule has 2 unspecified atom stereocenters. The van der Waals surface area contributed by atoms with E-state index in [9.17, 15) is 4.79 Å². The number of piperidine rings is 1. The standard InChI is InChI=1S/C24H36N6O3/c1-16(2)23(31)33-19-13-17(14-29-9-4-6-24(29)7-11-28(3)12-8-24)32-22(19)30-10-5-18-20(25)26-15-27-21(18)30/h5,10,15-17,19,22H,4,6-9,11-14H2,1-3H3,(H2,25,26,27)/t17?,19-,22?/m1/s1. The quantitative estimate of drug-likeness (QED) is 0.685. The summed E-state index contributed by atoms with van der Waals surface area (Å²) in [6.45, 7) is 7.99. The molecule has 3 aliphatic heterocycles. The highest BCUT2D eigenvalue weighted by molar-refractivity contribution is 5.86. The molecule has 9 heteroatoms. The first-order valence-electron chi connectivity index (χ1n) is 12.2. The smallest absolute Gasteiger partial charge is 0.308 e. The van der Waals surface area contributed by atoms with E-state index in [1.807, 2.05) is 30.7 Å². The molecule has 2 aromatic heterocycles. The number of rotatable bonds is 5. The Morgan fingerprint density at radius 1 is 1.27 bits per heavy atom. The summed E-state index contributed by atoms with van der Waals surface area (Å²) in [5.41, 5.74) is 7.04. The van der Waals surface area contributed by atoms with E-state index in [0.717, 1.165) is 31.6 Å². The first kappa shape index (κ1) is 22.6. The van der Waals surface area contributed by atoms with Gasteiger partial charge in [-0.15, -0.1) is 0 Å². The van der Waals surface area contributed by atoms with Crippen molar-refractivity contribution in [3.63, 3.8) is 0 Å². The van der Waals surface area contributed by atoms with E-state index in [1.165, 1.54) is 32.0 Å². The second-order valence-corrected chi connectivity index (χ2v) is 10.3. The lowest BCUT2D eigenvalue weighted by molar-refractivity contribution is -0.158. The lowest BCUT2D eigenvalue weighted by atomic mass is 9.85. The topological polar surface area (TPSA) is 98.7 Å². The van der Waals surface area contributed by atoms with E-state index in [-0.39, 0.29) is 24.1 Å². The van der Waals surface area contributed by atoms with Gasteiger partial charge in [-0.05, 0) is 58.4 Å². The Balaban J connectivity index is 1.37. The van der Waals surface area contributed by atoms with Crippen molar-refractivity contribution in [2.45, 2.75) is 69.9 Å². The number of hydrogen-bond donors (Lipinski definition) is 1. The Labute approximate surface area is 195 Å². The van der Waals surface area contributed by atoms with E-state index in [2.05, 4.69) is 26.8 Å². The summed E-state index contributed by atoms with van der Waals surface area (Å²) in [6, 6.07) is 1.90. The van der Waals surface area contributed by atoms with E-state index in [0.29, 0.717) is 23.4 Å². The molecule has 33 heavy (non-hydrogen) atoms. The fraction of sp³-hybridized carbons (Fsp3) is 0.708. The minimum atomic E-state index is -0.430. The van der Waals surface area contributed by atoms with Crippen LogP contribution >= 0.6 is 0 Å². The zero-order valence-corrected chi connectivity index (χ0v) is 19.9. The molecule has 3 fully saturated rings. The maximum Gasteiger partial charge on any atom is 0.308 e. The van der Waals surface area contributed by atoms with Crippen LogP contribution in [0.15, 0.2) is 18.6 Å². The summed E-state index contributed by atoms with van der Waals surface area (Å²) in [5.74, 6) is 0.0447. The number of nitrogens with two attached hydrogens (primary N) is 1. The predicted octanol–water partition coefficient (Wildman–Crippen LogP) is 2.43. The third kappa shape index (κ3) is 4.22. The zero-order chi connectivity index (χ0) is 23.2. The Morgan fingerprint density at radius 2 is 2.06 bits per heavy atom. The first-order valence-corrected chi connectivity index (χ1v) is 12.2. The minimum absolute atomic E-state index is 0.00812. The molecule has 0 bridgehead atoms. The number of nitrogen functional groups attached to an aromatic ring is 1. The summed E-state index contributed by atoms with van der Waals surface area (Å²) in [5, 5.41) is 0.781. The number of carbonyl (C=O) groups is 1. The van der Waals surface area contributed by atoms with Gasteiger partial charge in [0.2, 0.25) is 0 Å². The molecule has 0 aromatic carbocycles. The highest BCUT2D eigenvalue weighted by atomic mass is 16.6. The van der Waals surface area contributed by atoms with Gasteiger partial charge in [0.15, 0.2) is 6.23 Å². The van der Waals surface area contributed by atoms with Gasteiger partial charge in [0.25, 0.3) is 0 Å². The highest BCUT2D eigenvalue weighted by Crippen LogP contribution is 2.41. The Kier molecular flexibility index (Phi) is 6.05. The number of aromatic nitrogens is 3. The number of anilines is 1. The van der Waals surface area contributed by atoms with Crippen molar-refractivity contribution in [2.75, 3.05) is 39.0 Å². The van der Waals surface area contributed by atoms with Crippen LogP contribution in [0, 0.1) is 5.92 Å². The summed E-state index contributed by atoms with van der Waals surface area (Å²) in [6.07, 6.45) is 8.17. The number of nitrogens with zero attached hydrogens (tertiary/aromatic N) is 5. The molecule has 180 valence electrons. The van der Waals surface area contributed by atoms with Crippen LogP contribution in [-0.4, -0.2) is 81.3 Å². The number of hydrogen-bond acceptors (Lipinski definition) is 8. The van der Waals surface area contributed by atoms with Crippen LogP contribution in [0.2, 0.25) is 0 Å². The number of likely N-dealkylation sites (tertiary alicyclic amines) is 2. The van der Waals surface area contributed by atoms with Crippen LogP contribution in [0.5, 0.6) is 0 Å². The third-order valence-corrected chi connectivity index (χ3v) is 7.78. The van der Waals surface area contributed by atoms with Gasteiger partial charge in [-0.1, -0.05) is 13.8 Å². The van der Waals surface area contributed by atoms with Gasteiger partial charge in [0, 0.05) is 24.7 Å². The molecule has 0 amide bonds. The van der Waals surface area contributed by atoms with E-state index < -0.39 is 6.23 Å². The van der Waals surface area contributed by atoms with Gasteiger partial charge in [0.05, 0.1) is 17.4 Å². The van der Waals surface area contributed by atoms with Crippen molar-refractivity contribution in [3.8, 4) is 0 Å². The molecule has 0 saturated carbocycles. The molecule has 3 aliphatic rings. The molecule has 2 aromatic rings. The lowest BCUT2D eigenvalue weighted by Crippen LogP contribution is -2.53. The van der Waals surface area contributed by atoms with Crippen molar-refractivity contribution in [3.05, 3.63) is 18.6 Å². The maximum atomic E-state index is 12.5. The zero-order valence-electron chi connectivity index (χ0n) is 19.9. The Hall–Kier alpha value is -2.23. The van der Waals surface area contributed by atoms with Gasteiger partial charge in [0.1, 0.15) is 23.9 Å². The molecule has 3 atom stereocenters. The van der Waals surface area contributed by atoms with Crippen LogP contribution in [-0.2, 0) is 14.3 Å². The largest absolute Gasteiger partial charge is 0.457 e. The molecular formula is C24H36N6O3. The van der Waals surface area contributed by atoms with Crippen LogP contribution in [0.25, 0.3) is 11.0 Å². The number of ether oxygens (including phenoxy) is 2. The van der Waals surface area contributed by atoms with Crippen LogP contribution in [0.3, 0.4) is 0 Å². The molecule has 9 nitrogen and oxygen atoms in total. The number of esters is 1. The second kappa shape index (κ2) is 8.85. The van der Waals surface area contributed by atoms with Gasteiger partial charge in [-0.2, -0.15) is 0 Å². The normalized spacial score (nSPS) is 28.3. The molecule has 3 saturated heterocycles. The minimum Gasteiger partial charge on any atom is -0.457 e. The Bertz CT molecular complexity index is 999. The molecule has 2 N–H and O–H groups in total. The van der Waals surface area contributed by atoms with Crippen molar-refractivity contribution < 1.29 is 14.3 Å². The van der Waals surface area contributed by atoms with Crippen molar-refractivity contribution >= 4 is 22.8 Å². The van der Waals surface area contributed by atoms with Gasteiger partial charge < -0.3 is 24.7 Å². The van der Waals surface area contributed by atoms with Crippen LogP contribution in [0.4, 0.5) is 5.82 Å². The Morgan fingerprint density at radius 3 is 2.82 bits per heavy atom. The van der Waals surface area contributed by atoms with Gasteiger partial charge in [-0.3, -0.25) is 9.69 Å². The summed E-state index contributed by atoms with van der Waals surface area (Å²) in [4.78, 5) is 26.1. The van der Waals surface area contributed by atoms with Crippen LogP contribution in [0.1, 0.15) is 52.2 Å². The fourth-order valence-corrected chi connectivity index (χ4v) is 5.79. The first-order chi connectivity index (χ1) is 15.9. The monoisotopic (exact) mass is 456 g/mol. The average molecular weight is 457 g/mol. The third-order valence-electron chi connectivity index (χ3n) is 7.78. The fourth-order valence-electron chi connectivity index (χ4n) is 5.79. The van der Waals surface area contributed by atoms with E-state index >= 15 is 0 Å². The van der Waals surface area contributed by atoms with Gasteiger partial charge >= 0.3 is 5.97 Å². The molecule has 5 heterocycles. The summed E-state index contributed by atoms with van der Waals surface area (Å²) < 4.78 is 14.5. The van der Waals surface area contributed by atoms with Crippen LogP contribution < -0.4 is 5.73 Å². The SMILES string of the molecule is CC(C)C(=O)O[C@@H]1CC(CN2CCCC23CCN(C)CC3)OC1n1ccc2c(N)ncnc21. The number of carbonyl (C=O) groups excluding carboxylic acids is 1. The maximum absolute atomic E-state index is 12.5. The summed E-state index contributed by atoms with van der Waals surface area (Å²) in [7, 11) is 2.21. The number of fused-ring (bicyclic) bond motifs is 1. The molecule has 5 rings (SSSR count). The second-order valence-electron chi connectivity index (χ2n) is 10.3.